The molecule has 0 spiro atoms. The van der Waals surface area contributed by atoms with Gasteiger partial charge in [-0.1, -0.05) is 0 Å². The number of ether oxygens (including phenoxy) is 3. The summed E-state index contributed by atoms with van der Waals surface area (Å²) in [6.45, 7) is -0.717. The number of carbonyl (C=O) groups is 2. The van der Waals surface area contributed by atoms with E-state index in [0.717, 1.165) is 24.3 Å². The predicted molar refractivity (Wildman–Crippen MR) is 125 cm³/mol. The standard InChI is InChI=1S/C24H22O15/c25-10-2-1-8(3-11(10)26)23-14(4-9-13(37-23)5-12(27)19(32)18(9)31)38-24-22(35)21(34)20(33)15(39-24)7-36-17(30)6-16(28)29/h1-5,15,20-22,24,33-35H,6-7H2,(H5-,25,26,27,28,29,31,32)/p+1/t15?,20-,21+,22?,24-/m1/s1. The van der Waals surface area contributed by atoms with Crippen LogP contribution in [0.15, 0.2) is 34.7 Å². The quantitative estimate of drug-likeness (QED) is 0.0817. The summed E-state index contributed by atoms with van der Waals surface area (Å²) in [5, 5.41) is 89.3. The highest BCUT2D eigenvalue weighted by Gasteiger charge is 2.46. The molecule has 5 atom stereocenters. The van der Waals surface area contributed by atoms with Crippen molar-refractivity contribution in [3.63, 3.8) is 0 Å². The number of phenolic OH excluding ortho intramolecular Hbond substituents is 5. The van der Waals surface area contributed by atoms with E-state index in [0.29, 0.717) is 0 Å². The van der Waals surface area contributed by atoms with Crippen LogP contribution in [-0.2, 0) is 19.1 Å². The predicted octanol–water partition coefficient (Wildman–Crippen LogP) is 0.113. The Morgan fingerprint density at radius 3 is 2.26 bits per heavy atom. The molecule has 1 aromatic heterocycles. The third-order valence-electron chi connectivity index (χ3n) is 5.82. The number of phenols is 5. The second-order valence-corrected chi connectivity index (χ2v) is 8.53. The number of carbonyl (C=O) groups excluding carboxylic acids is 1. The summed E-state index contributed by atoms with van der Waals surface area (Å²) < 4.78 is 21.7. The Hall–Kier alpha value is -4.57. The molecule has 39 heavy (non-hydrogen) atoms. The maximum atomic E-state index is 11.6. The Morgan fingerprint density at radius 2 is 1.59 bits per heavy atom. The number of hydrogen-bond donors (Lipinski definition) is 9. The molecule has 0 aliphatic carbocycles. The molecule has 0 saturated carbocycles. The van der Waals surface area contributed by atoms with Crippen LogP contribution in [0.1, 0.15) is 6.42 Å². The van der Waals surface area contributed by atoms with Crippen LogP contribution in [-0.4, -0.2) is 95.2 Å². The lowest BCUT2D eigenvalue weighted by Gasteiger charge is -2.39. The van der Waals surface area contributed by atoms with Crippen LogP contribution in [0.25, 0.3) is 22.3 Å². The van der Waals surface area contributed by atoms with Crippen LogP contribution in [0.5, 0.6) is 34.5 Å². The van der Waals surface area contributed by atoms with Crippen molar-refractivity contribution in [2.24, 2.45) is 0 Å². The molecule has 2 heterocycles. The normalized spacial score (nSPS) is 22.9. The average molecular weight is 551 g/mol. The van der Waals surface area contributed by atoms with E-state index in [1.54, 1.807) is 0 Å². The minimum absolute atomic E-state index is 0.0827. The van der Waals surface area contributed by atoms with E-state index >= 15 is 0 Å². The Balaban J connectivity index is 1.73. The first-order chi connectivity index (χ1) is 18.4. The van der Waals surface area contributed by atoms with Crippen LogP contribution in [0.3, 0.4) is 0 Å². The maximum Gasteiger partial charge on any atom is 0.402 e. The molecule has 4 rings (SSSR count). The fourth-order valence-corrected chi connectivity index (χ4v) is 3.80. The summed E-state index contributed by atoms with van der Waals surface area (Å²) in [6.07, 6.45) is -9.81. The van der Waals surface area contributed by atoms with Gasteiger partial charge in [-0.2, -0.15) is 0 Å². The zero-order chi connectivity index (χ0) is 28.6. The van der Waals surface area contributed by atoms with Gasteiger partial charge in [-0.05, 0) is 12.1 Å². The van der Waals surface area contributed by atoms with E-state index in [1.807, 2.05) is 0 Å². The number of aromatic hydroxyl groups is 5. The SMILES string of the molecule is O=C(O)CC(=O)OCC1O[C@@H](Oc2cc3c(O)c(O)c(O)cc3[o+]c2-c2ccc(O)c(O)c2)C(O)[C@@H](O)[C@@H]1O. The second-order valence-electron chi connectivity index (χ2n) is 8.53. The van der Waals surface area contributed by atoms with Gasteiger partial charge in [0.15, 0.2) is 23.0 Å². The largest absolute Gasteiger partial charge is 0.504 e. The summed E-state index contributed by atoms with van der Waals surface area (Å²) in [7, 11) is 0. The van der Waals surface area contributed by atoms with Crippen LogP contribution >= 0.6 is 0 Å². The Kier molecular flexibility index (Phi) is 7.51. The van der Waals surface area contributed by atoms with Crippen molar-refractivity contribution in [1.29, 1.82) is 0 Å². The monoisotopic (exact) mass is 551 g/mol. The third kappa shape index (κ3) is 5.51. The summed E-state index contributed by atoms with van der Waals surface area (Å²) in [5.74, 6) is -6.57. The Morgan fingerprint density at radius 1 is 0.872 bits per heavy atom. The number of benzene rings is 2. The molecule has 1 fully saturated rings. The lowest BCUT2D eigenvalue weighted by Crippen LogP contribution is -2.60. The number of hydrogen-bond acceptors (Lipinski definition) is 13. The highest BCUT2D eigenvalue weighted by molar-refractivity contribution is 5.91. The average Bonchev–Trinajstić information content (AvgIpc) is 2.88. The maximum absolute atomic E-state index is 11.6. The molecule has 1 aliphatic rings. The minimum atomic E-state index is -1.90. The molecular formula is C24H23O15+. The summed E-state index contributed by atoms with van der Waals surface area (Å²) in [6, 6.07) is 5.59. The molecule has 15 nitrogen and oxygen atoms in total. The topological polar surface area (TPSA) is 255 Å². The van der Waals surface area contributed by atoms with Crippen LogP contribution in [0.2, 0.25) is 0 Å². The van der Waals surface area contributed by atoms with Crippen molar-refractivity contribution in [2.45, 2.75) is 37.1 Å². The van der Waals surface area contributed by atoms with Gasteiger partial charge in [0.05, 0.1) is 11.6 Å². The van der Waals surface area contributed by atoms with Gasteiger partial charge in [-0.15, -0.1) is 0 Å². The van der Waals surface area contributed by atoms with Gasteiger partial charge in [0.25, 0.3) is 0 Å². The van der Waals surface area contributed by atoms with Gasteiger partial charge in [0.2, 0.25) is 17.8 Å². The van der Waals surface area contributed by atoms with Crippen molar-refractivity contribution >= 4 is 22.9 Å². The molecule has 15 heteroatoms. The highest BCUT2D eigenvalue weighted by Crippen LogP contribution is 2.46. The highest BCUT2D eigenvalue weighted by atomic mass is 16.7. The molecular weight excluding hydrogens is 528 g/mol. The number of aliphatic hydroxyl groups excluding tert-OH is 3. The molecule has 1 aliphatic heterocycles. The summed E-state index contributed by atoms with van der Waals surface area (Å²) in [5.41, 5.74) is -0.0826. The number of carboxylic acids is 1. The second kappa shape index (κ2) is 10.7. The van der Waals surface area contributed by atoms with Gasteiger partial charge in [-0.3, -0.25) is 9.59 Å². The fourth-order valence-electron chi connectivity index (χ4n) is 3.80. The zero-order valence-corrected chi connectivity index (χ0v) is 19.7. The van der Waals surface area contributed by atoms with E-state index in [2.05, 4.69) is 0 Å². The van der Waals surface area contributed by atoms with Crippen LogP contribution in [0, 0.1) is 0 Å². The number of aliphatic hydroxyl groups is 3. The van der Waals surface area contributed by atoms with E-state index in [1.165, 1.54) is 6.07 Å². The minimum Gasteiger partial charge on any atom is -0.504 e. The third-order valence-corrected chi connectivity index (χ3v) is 5.82. The number of rotatable bonds is 7. The van der Waals surface area contributed by atoms with E-state index < -0.39 is 84.4 Å². The first kappa shape index (κ1) is 27.5. The molecule has 0 bridgehead atoms. The Labute approximate surface area is 217 Å². The molecule has 0 amide bonds. The zero-order valence-electron chi connectivity index (χ0n) is 19.7. The van der Waals surface area contributed by atoms with Gasteiger partial charge < -0.3 is 60.2 Å². The lowest BCUT2D eigenvalue weighted by atomic mass is 9.99. The molecule has 0 radical (unpaired) electrons. The first-order valence-electron chi connectivity index (χ1n) is 11.2. The molecule has 2 unspecified atom stereocenters. The number of esters is 1. The van der Waals surface area contributed by atoms with Gasteiger partial charge in [-0.25, -0.2) is 4.42 Å². The molecule has 2 aromatic carbocycles. The summed E-state index contributed by atoms with van der Waals surface area (Å²) >= 11 is 0. The van der Waals surface area contributed by atoms with Crippen molar-refractivity contribution in [3.8, 4) is 45.8 Å². The van der Waals surface area contributed by atoms with Gasteiger partial charge in [0.1, 0.15) is 42.8 Å². The van der Waals surface area contributed by atoms with Gasteiger partial charge >= 0.3 is 23.3 Å². The smallest absolute Gasteiger partial charge is 0.402 e. The molecule has 1 saturated heterocycles. The summed E-state index contributed by atoms with van der Waals surface area (Å²) in [4.78, 5) is 22.2. The van der Waals surface area contributed by atoms with Crippen molar-refractivity contribution in [1.82, 2.24) is 0 Å². The number of carboxylic acid groups (broad SMARTS) is 1. The molecule has 9 N–H and O–H groups in total. The number of aliphatic carboxylic acids is 1. The van der Waals surface area contributed by atoms with Crippen molar-refractivity contribution in [3.05, 3.63) is 30.3 Å². The van der Waals surface area contributed by atoms with Crippen molar-refractivity contribution < 1.29 is 74.2 Å². The Bertz CT molecular complexity index is 1420. The fraction of sp³-hybridized carbons (Fsp3) is 0.292. The lowest BCUT2D eigenvalue weighted by molar-refractivity contribution is -0.278. The van der Waals surface area contributed by atoms with E-state index in [4.69, 9.17) is 23.7 Å². The van der Waals surface area contributed by atoms with Crippen LogP contribution < -0.4 is 4.74 Å². The molecule has 3 aromatic rings. The van der Waals surface area contributed by atoms with E-state index in [9.17, 15) is 50.4 Å². The first-order valence-corrected chi connectivity index (χ1v) is 11.2. The van der Waals surface area contributed by atoms with E-state index in [-0.39, 0.29) is 28.0 Å². The number of fused-ring (bicyclic) bond motifs is 1. The van der Waals surface area contributed by atoms with Crippen LogP contribution in [0.4, 0.5) is 0 Å². The van der Waals surface area contributed by atoms with Crippen molar-refractivity contribution in [2.75, 3.05) is 6.61 Å². The molecule has 208 valence electrons. The van der Waals surface area contributed by atoms with Gasteiger partial charge in [0, 0.05) is 12.1 Å².